The van der Waals surface area contributed by atoms with E-state index in [0.29, 0.717) is 5.69 Å². The molecule has 0 saturated carbocycles. The van der Waals surface area contributed by atoms with Crippen molar-refractivity contribution in [3.63, 3.8) is 0 Å². The number of nitrogens with zero attached hydrogens (tertiary/aromatic N) is 1. The normalized spacial score (nSPS) is 12.9. The minimum absolute atomic E-state index is 0.700. The second-order valence-electron chi connectivity index (χ2n) is 19.2. The highest BCUT2D eigenvalue weighted by Gasteiger charge is 2.23. The average molecular weight is 935 g/mol. The lowest BCUT2D eigenvalue weighted by Crippen LogP contribution is -2.03. The van der Waals surface area contributed by atoms with Gasteiger partial charge in [0.1, 0.15) is 11.2 Å². The van der Waals surface area contributed by atoms with Crippen molar-refractivity contribution in [1.82, 2.24) is 0 Å². The molecule has 3 heteroatoms. The first-order valence-corrected chi connectivity index (χ1v) is 25.2. The van der Waals surface area contributed by atoms with Gasteiger partial charge in [-0.15, -0.1) is 0 Å². The molecule has 1 aliphatic rings. The zero-order valence-electron chi connectivity index (χ0n) is 40.5. The molecule has 12 aromatic rings. The zero-order chi connectivity index (χ0) is 48.8. The highest BCUT2D eigenvalue weighted by molar-refractivity contribution is 6.20. The van der Waals surface area contributed by atoms with Gasteiger partial charge in [-0.05, 0) is 151 Å². The van der Waals surface area contributed by atoms with Crippen LogP contribution in [0.5, 0.6) is 0 Å². The molecular weight excluding hydrogens is 885 g/mol. The van der Waals surface area contributed by atoms with E-state index in [4.69, 9.17) is 15.1 Å². The lowest BCUT2D eigenvalue weighted by atomic mass is 9.88. The monoisotopic (exact) mass is 934 g/mol. The molecule has 0 amide bonds. The fraction of sp³-hybridized carbons (Fsp3) is 0.0429. The Balaban J connectivity index is 1.03. The maximum Gasteiger partial charge on any atom is 0.143 e. The highest BCUT2D eigenvalue weighted by atomic mass is 16.3. The van der Waals surface area contributed by atoms with Gasteiger partial charge in [-0.3, -0.25) is 4.99 Å². The third-order valence-electron chi connectivity index (χ3n) is 14.7. The van der Waals surface area contributed by atoms with Crippen LogP contribution in [0.15, 0.2) is 264 Å². The molecular formula is C70H50N2O. The second-order valence-corrected chi connectivity index (χ2v) is 19.2. The molecule has 11 aromatic carbocycles. The van der Waals surface area contributed by atoms with Crippen LogP contribution in [0.1, 0.15) is 25.3 Å². The van der Waals surface area contributed by atoms with E-state index in [1.165, 1.54) is 33.4 Å². The third-order valence-corrected chi connectivity index (χ3v) is 14.7. The van der Waals surface area contributed by atoms with Gasteiger partial charge in [0.25, 0.3) is 0 Å². The standard InChI is InChI=1S/C70H50N2O/c1-45(72-68-62-36-14-12-34-60(62)59-33-11-13-35-61(59)67(68)71)49-25-15-31-55(37-49)63-41-57(53-29-16-26-50(38-53)46-19-5-2-6-20-46)43-65-66-44-58(54-30-17-27-51(39-54)47-21-7-3-8-22-47)42-64(70(66)73-69(63)65)56-32-18-28-52(40-56)48-23-9-4-10-24-48/h2-14,16-24,26-44H,15,25,71H2,1H3. The summed E-state index contributed by atoms with van der Waals surface area (Å²) >= 11 is 0. The van der Waals surface area contributed by atoms with Crippen molar-refractivity contribution >= 4 is 66.1 Å². The second kappa shape index (κ2) is 18.5. The summed E-state index contributed by atoms with van der Waals surface area (Å²) in [4.78, 5) is 5.40. The van der Waals surface area contributed by atoms with Crippen LogP contribution in [0.3, 0.4) is 0 Å². The van der Waals surface area contributed by atoms with Crippen molar-refractivity contribution in [2.75, 3.05) is 5.73 Å². The predicted molar refractivity (Wildman–Crippen MR) is 310 cm³/mol. The van der Waals surface area contributed by atoms with Crippen LogP contribution >= 0.6 is 0 Å². The summed E-state index contributed by atoms with van der Waals surface area (Å²) in [5.74, 6) is 0. The average Bonchev–Trinajstić information content (AvgIpc) is 3.85. The van der Waals surface area contributed by atoms with Crippen molar-refractivity contribution < 1.29 is 4.42 Å². The first kappa shape index (κ1) is 43.7. The molecule has 0 fully saturated rings. The van der Waals surface area contributed by atoms with Crippen molar-refractivity contribution in [2.24, 2.45) is 4.99 Å². The molecule has 0 unspecified atom stereocenters. The number of furan rings is 1. The van der Waals surface area contributed by atoms with E-state index in [1.54, 1.807) is 0 Å². The van der Waals surface area contributed by atoms with Crippen molar-refractivity contribution in [2.45, 2.75) is 19.8 Å². The van der Waals surface area contributed by atoms with Crippen LogP contribution in [0.2, 0.25) is 0 Å². The SMILES string of the molecule is CC(=Nc1c(N)c2ccccc2c2ccccc12)C1=CC(c2cc(-c3cccc(-c4ccccc4)c3)cc3c2oc2c(-c4cccc(-c5ccccc5)c4)cc(-c4cccc(-c5ccccc5)c4)cc23)=CCC1. The number of allylic oxidation sites excluding steroid dienone is 4. The summed E-state index contributed by atoms with van der Waals surface area (Å²) in [6.45, 7) is 2.13. The number of nitrogen functional groups attached to an aromatic ring is 1. The number of hydrogen-bond donors (Lipinski definition) is 1. The molecule has 73 heavy (non-hydrogen) atoms. The lowest BCUT2D eigenvalue weighted by Gasteiger charge is -2.17. The van der Waals surface area contributed by atoms with Gasteiger partial charge in [0.15, 0.2) is 0 Å². The van der Waals surface area contributed by atoms with Crippen LogP contribution < -0.4 is 5.73 Å². The van der Waals surface area contributed by atoms with E-state index in [1.807, 2.05) is 0 Å². The first-order valence-electron chi connectivity index (χ1n) is 25.2. The largest absolute Gasteiger partial charge is 0.455 e. The predicted octanol–water partition coefficient (Wildman–Crippen LogP) is 19.4. The summed E-state index contributed by atoms with van der Waals surface area (Å²) < 4.78 is 7.42. The van der Waals surface area contributed by atoms with Gasteiger partial charge in [-0.2, -0.15) is 0 Å². The smallest absolute Gasteiger partial charge is 0.143 e. The fourth-order valence-corrected chi connectivity index (χ4v) is 10.9. The highest BCUT2D eigenvalue weighted by Crippen LogP contribution is 2.46. The Labute approximate surface area is 425 Å². The van der Waals surface area contributed by atoms with Crippen molar-refractivity contribution in [3.8, 4) is 66.8 Å². The van der Waals surface area contributed by atoms with Crippen molar-refractivity contribution in [1.29, 1.82) is 0 Å². The van der Waals surface area contributed by atoms with Gasteiger partial charge in [0.05, 0.1) is 11.4 Å². The van der Waals surface area contributed by atoms with Gasteiger partial charge in [-0.1, -0.05) is 200 Å². The van der Waals surface area contributed by atoms with Gasteiger partial charge < -0.3 is 10.2 Å². The van der Waals surface area contributed by atoms with Crippen LogP contribution in [0.4, 0.5) is 11.4 Å². The number of nitrogens with two attached hydrogens (primary N) is 1. The molecule has 1 heterocycles. The summed E-state index contributed by atoms with van der Waals surface area (Å²) in [7, 11) is 0. The molecule has 0 saturated heterocycles. The summed E-state index contributed by atoms with van der Waals surface area (Å²) in [5, 5.41) is 6.49. The van der Waals surface area contributed by atoms with E-state index in [-0.39, 0.29) is 0 Å². The summed E-state index contributed by atoms with van der Waals surface area (Å²) in [6.07, 6.45) is 6.42. The third kappa shape index (κ3) is 8.11. The number of hydrogen-bond acceptors (Lipinski definition) is 3. The van der Waals surface area contributed by atoms with E-state index < -0.39 is 0 Å². The van der Waals surface area contributed by atoms with E-state index >= 15 is 0 Å². The Morgan fingerprint density at radius 1 is 0.384 bits per heavy atom. The molecule has 1 aliphatic carbocycles. The van der Waals surface area contributed by atoms with Crippen molar-refractivity contribution in [3.05, 3.63) is 260 Å². The molecule has 0 spiro atoms. The van der Waals surface area contributed by atoms with Gasteiger partial charge >= 0.3 is 0 Å². The Morgan fingerprint density at radius 3 is 1.34 bits per heavy atom. The molecule has 346 valence electrons. The summed E-state index contributed by atoms with van der Waals surface area (Å²) in [6, 6.07) is 84.7. The van der Waals surface area contributed by atoms with Crippen LogP contribution in [0.25, 0.3) is 116 Å². The van der Waals surface area contributed by atoms with Crippen LogP contribution in [0, 0.1) is 0 Å². The number of benzene rings is 11. The fourth-order valence-electron chi connectivity index (χ4n) is 10.9. The van der Waals surface area contributed by atoms with E-state index in [9.17, 15) is 0 Å². The molecule has 0 atom stereocenters. The first-order chi connectivity index (χ1) is 36.0. The minimum Gasteiger partial charge on any atom is -0.455 e. The van der Waals surface area contributed by atoms with Gasteiger partial charge in [0, 0.05) is 38.4 Å². The number of fused-ring (bicyclic) bond motifs is 6. The minimum atomic E-state index is 0.700. The maximum atomic E-state index is 7.42. The van der Waals surface area contributed by atoms with Crippen LogP contribution in [-0.2, 0) is 0 Å². The number of aliphatic imine (C=N–C) groups is 1. The molecule has 0 radical (unpaired) electrons. The van der Waals surface area contributed by atoms with Crippen LogP contribution in [-0.4, -0.2) is 5.71 Å². The number of anilines is 1. The Bertz CT molecular complexity index is 4200. The Morgan fingerprint density at radius 2 is 0.795 bits per heavy atom. The summed E-state index contributed by atoms with van der Waals surface area (Å²) in [5.41, 5.74) is 28.2. The van der Waals surface area contributed by atoms with E-state index in [2.05, 4.69) is 256 Å². The molecule has 1 aromatic heterocycles. The molecule has 0 aliphatic heterocycles. The lowest BCUT2D eigenvalue weighted by molar-refractivity contribution is 0.669. The van der Waals surface area contributed by atoms with E-state index in [0.717, 1.165) is 118 Å². The molecule has 2 N–H and O–H groups in total. The van der Waals surface area contributed by atoms with Gasteiger partial charge in [-0.25, -0.2) is 0 Å². The zero-order valence-corrected chi connectivity index (χ0v) is 40.5. The Kier molecular flexibility index (Phi) is 11.0. The molecule has 0 bridgehead atoms. The quantitative estimate of drug-likeness (QED) is 0.0891. The number of rotatable bonds is 9. The molecule has 3 nitrogen and oxygen atoms in total. The topological polar surface area (TPSA) is 51.5 Å². The van der Waals surface area contributed by atoms with Gasteiger partial charge in [0.2, 0.25) is 0 Å². The maximum absolute atomic E-state index is 7.42. The molecule has 13 rings (SSSR count). The Hall–Kier alpha value is -9.31.